The van der Waals surface area contributed by atoms with Crippen LogP contribution in [0, 0.1) is 32.1 Å². The molecule has 3 nitrogen and oxygen atoms in total. The molecule has 22 heavy (non-hydrogen) atoms. The van der Waals surface area contributed by atoms with Crippen LogP contribution in [0.25, 0.3) is 6.08 Å². The van der Waals surface area contributed by atoms with Crippen LogP contribution in [0.1, 0.15) is 22.3 Å². The highest BCUT2D eigenvalue weighted by molar-refractivity contribution is 6.10. The number of carbonyl (C=O) groups is 1. The predicted octanol–water partition coefficient (Wildman–Crippen LogP) is 4.16. The molecule has 0 heterocycles. The van der Waals surface area contributed by atoms with E-state index in [9.17, 15) is 10.1 Å². The molecule has 0 saturated carbocycles. The number of rotatable bonds is 3. The molecule has 0 bridgehead atoms. The number of hydrogen-bond donors (Lipinski definition) is 1. The van der Waals surface area contributed by atoms with Crippen LogP contribution in [-0.4, -0.2) is 5.91 Å². The number of benzene rings is 2. The van der Waals surface area contributed by atoms with Crippen molar-refractivity contribution in [1.82, 2.24) is 0 Å². The zero-order chi connectivity index (χ0) is 16.1. The van der Waals surface area contributed by atoms with Crippen LogP contribution < -0.4 is 5.32 Å². The molecule has 0 unspecified atom stereocenters. The van der Waals surface area contributed by atoms with Crippen LogP contribution >= 0.6 is 0 Å². The maximum atomic E-state index is 12.4. The Balaban J connectivity index is 2.31. The van der Waals surface area contributed by atoms with Gasteiger partial charge in [-0.15, -0.1) is 0 Å². The third-order valence-corrected chi connectivity index (χ3v) is 3.57. The van der Waals surface area contributed by atoms with Gasteiger partial charge in [0.2, 0.25) is 0 Å². The second-order valence-corrected chi connectivity index (χ2v) is 5.25. The Kier molecular flexibility index (Phi) is 4.75. The van der Waals surface area contributed by atoms with E-state index in [2.05, 4.69) is 5.32 Å². The first kappa shape index (κ1) is 15.5. The Bertz CT molecular complexity index is 762. The third-order valence-electron chi connectivity index (χ3n) is 3.57. The van der Waals surface area contributed by atoms with E-state index < -0.39 is 0 Å². The monoisotopic (exact) mass is 290 g/mol. The van der Waals surface area contributed by atoms with Gasteiger partial charge in [-0.05, 0) is 49.1 Å². The highest BCUT2D eigenvalue weighted by Crippen LogP contribution is 2.20. The highest BCUT2D eigenvalue weighted by atomic mass is 16.1. The van der Waals surface area contributed by atoms with Gasteiger partial charge in [0.15, 0.2) is 0 Å². The van der Waals surface area contributed by atoms with Gasteiger partial charge in [-0.2, -0.15) is 5.26 Å². The van der Waals surface area contributed by atoms with Gasteiger partial charge in [0, 0.05) is 5.69 Å². The summed E-state index contributed by atoms with van der Waals surface area (Å²) in [5, 5.41) is 12.1. The molecule has 1 N–H and O–H groups in total. The minimum Gasteiger partial charge on any atom is -0.321 e. The largest absolute Gasteiger partial charge is 0.321 e. The first-order valence-electron chi connectivity index (χ1n) is 7.08. The van der Waals surface area contributed by atoms with Gasteiger partial charge >= 0.3 is 0 Å². The smallest absolute Gasteiger partial charge is 0.266 e. The molecule has 0 spiro atoms. The molecule has 0 atom stereocenters. The van der Waals surface area contributed by atoms with E-state index >= 15 is 0 Å². The van der Waals surface area contributed by atoms with Crippen molar-refractivity contribution < 1.29 is 4.79 Å². The Morgan fingerprint density at radius 1 is 1.00 bits per heavy atom. The summed E-state index contributed by atoms with van der Waals surface area (Å²) in [6.07, 6.45) is 1.62. The first-order valence-corrected chi connectivity index (χ1v) is 7.08. The van der Waals surface area contributed by atoms with Gasteiger partial charge in [0.05, 0.1) is 0 Å². The molecule has 2 rings (SSSR count). The van der Waals surface area contributed by atoms with E-state index in [0.29, 0.717) is 0 Å². The van der Waals surface area contributed by atoms with Gasteiger partial charge in [0.25, 0.3) is 5.91 Å². The van der Waals surface area contributed by atoms with E-state index in [0.717, 1.165) is 27.9 Å². The van der Waals surface area contributed by atoms with Gasteiger partial charge in [-0.1, -0.05) is 42.5 Å². The summed E-state index contributed by atoms with van der Waals surface area (Å²) in [7, 11) is 0. The van der Waals surface area contributed by atoms with E-state index in [-0.39, 0.29) is 11.5 Å². The Morgan fingerprint density at radius 3 is 2.18 bits per heavy atom. The van der Waals surface area contributed by atoms with Crippen molar-refractivity contribution in [3.63, 3.8) is 0 Å². The maximum Gasteiger partial charge on any atom is 0.266 e. The van der Waals surface area contributed by atoms with E-state index in [4.69, 9.17) is 0 Å². The Labute approximate surface area is 130 Å². The van der Waals surface area contributed by atoms with Gasteiger partial charge in [-0.25, -0.2) is 0 Å². The summed E-state index contributed by atoms with van der Waals surface area (Å²) in [6, 6.07) is 15.4. The van der Waals surface area contributed by atoms with Crippen LogP contribution in [0.4, 0.5) is 5.69 Å². The molecular formula is C19H18N2O. The average molecular weight is 290 g/mol. The van der Waals surface area contributed by atoms with Crippen LogP contribution in [-0.2, 0) is 4.79 Å². The summed E-state index contributed by atoms with van der Waals surface area (Å²) in [6.45, 7) is 5.81. The fourth-order valence-corrected chi connectivity index (χ4v) is 2.25. The molecule has 2 aromatic carbocycles. The number of para-hydroxylation sites is 1. The molecule has 0 aliphatic heterocycles. The van der Waals surface area contributed by atoms with Gasteiger partial charge in [0.1, 0.15) is 11.6 Å². The van der Waals surface area contributed by atoms with E-state index in [1.807, 2.05) is 69.3 Å². The lowest BCUT2D eigenvalue weighted by atomic mass is 10.1. The number of anilines is 1. The molecule has 0 saturated heterocycles. The molecule has 0 fully saturated rings. The fraction of sp³-hybridized carbons (Fsp3) is 0.158. The normalized spacial score (nSPS) is 10.9. The SMILES string of the molecule is Cc1ccccc1/C=C(\C#N)C(=O)Nc1c(C)cccc1C. The lowest BCUT2D eigenvalue weighted by Gasteiger charge is -2.11. The van der Waals surface area contributed by atoms with Crippen LogP contribution in [0.15, 0.2) is 48.0 Å². The zero-order valence-electron chi connectivity index (χ0n) is 13.0. The maximum absolute atomic E-state index is 12.4. The van der Waals surface area contributed by atoms with Crippen molar-refractivity contribution in [2.75, 3.05) is 5.32 Å². The number of aryl methyl sites for hydroxylation is 3. The predicted molar refractivity (Wildman–Crippen MR) is 89.3 cm³/mol. The lowest BCUT2D eigenvalue weighted by molar-refractivity contribution is -0.112. The molecule has 3 heteroatoms. The summed E-state index contributed by atoms with van der Waals surface area (Å²) in [5.74, 6) is -0.386. The number of carbonyl (C=O) groups excluding carboxylic acids is 1. The Hall–Kier alpha value is -2.86. The van der Waals surface area contributed by atoms with Crippen molar-refractivity contribution in [1.29, 1.82) is 5.26 Å². The summed E-state index contributed by atoms with van der Waals surface area (Å²) >= 11 is 0. The summed E-state index contributed by atoms with van der Waals surface area (Å²) in [5.41, 5.74) is 4.70. The second kappa shape index (κ2) is 6.73. The average Bonchev–Trinajstić information content (AvgIpc) is 2.50. The van der Waals surface area contributed by atoms with Crippen molar-refractivity contribution in [2.24, 2.45) is 0 Å². The van der Waals surface area contributed by atoms with Crippen molar-refractivity contribution in [3.05, 3.63) is 70.3 Å². The Morgan fingerprint density at radius 2 is 1.59 bits per heavy atom. The molecular weight excluding hydrogens is 272 g/mol. The van der Waals surface area contributed by atoms with Crippen LogP contribution in [0.5, 0.6) is 0 Å². The summed E-state index contributed by atoms with van der Waals surface area (Å²) in [4.78, 5) is 12.4. The number of amides is 1. The minimum absolute atomic E-state index is 0.0944. The highest BCUT2D eigenvalue weighted by Gasteiger charge is 2.12. The number of nitriles is 1. The number of hydrogen-bond acceptors (Lipinski definition) is 2. The van der Waals surface area contributed by atoms with Gasteiger partial charge < -0.3 is 5.32 Å². The zero-order valence-corrected chi connectivity index (χ0v) is 13.0. The molecule has 0 aliphatic carbocycles. The lowest BCUT2D eigenvalue weighted by Crippen LogP contribution is -2.15. The quantitative estimate of drug-likeness (QED) is 0.681. The second-order valence-electron chi connectivity index (χ2n) is 5.25. The molecule has 0 aromatic heterocycles. The molecule has 2 aromatic rings. The molecule has 110 valence electrons. The van der Waals surface area contributed by atoms with E-state index in [1.54, 1.807) is 6.08 Å². The standard InChI is InChI=1S/C19H18N2O/c1-13-7-4-5-10-16(13)11-17(12-20)19(22)21-18-14(2)8-6-9-15(18)3/h4-11H,1-3H3,(H,21,22)/b17-11+. The van der Waals surface area contributed by atoms with Crippen LogP contribution in [0.3, 0.4) is 0 Å². The number of nitrogens with zero attached hydrogens (tertiary/aromatic N) is 1. The van der Waals surface area contributed by atoms with Gasteiger partial charge in [-0.3, -0.25) is 4.79 Å². The molecule has 0 aliphatic rings. The summed E-state index contributed by atoms with van der Waals surface area (Å²) < 4.78 is 0. The molecule has 1 amide bonds. The third kappa shape index (κ3) is 3.42. The first-order chi connectivity index (χ1) is 10.5. The van der Waals surface area contributed by atoms with Crippen molar-refractivity contribution in [3.8, 4) is 6.07 Å². The van der Waals surface area contributed by atoms with Crippen molar-refractivity contribution in [2.45, 2.75) is 20.8 Å². The topological polar surface area (TPSA) is 52.9 Å². The molecule has 0 radical (unpaired) electrons. The van der Waals surface area contributed by atoms with Crippen molar-refractivity contribution >= 4 is 17.7 Å². The van der Waals surface area contributed by atoms with Crippen LogP contribution in [0.2, 0.25) is 0 Å². The minimum atomic E-state index is -0.386. The fourth-order valence-electron chi connectivity index (χ4n) is 2.25. The van der Waals surface area contributed by atoms with E-state index in [1.165, 1.54) is 0 Å². The number of nitrogens with one attached hydrogen (secondary N) is 1.